The van der Waals surface area contributed by atoms with Crippen molar-refractivity contribution in [3.05, 3.63) is 45.7 Å². The monoisotopic (exact) mass is 297 g/mol. The first kappa shape index (κ1) is 14.5. The molecule has 1 aliphatic rings. The molecule has 0 spiro atoms. The molecule has 1 aromatic heterocycles. The maximum Gasteiger partial charge on any atom is 0.264 e. The summed E-state index contributed by atoms with van der Waals surface area (Å²) in [6.45, 7) is 6.03. The molecular formula is C17H19N3O2. The molecule has 3 rings (SSSR count). The lowest BCUT2D eigenvalue weighted by Crippen LogP contribution is -2.39. The number of anilines is 1. The normalized spacial score (nSPS) is 16.5. The van der Waals surface area contributed by atoms with Gasteiger partial charge in [-0.05, 0) is 30.2 Å². The second kappa shape index (κ2) is 4.80. The predicted molar refractivity (Wildman–Crippen MR) is 86.1 cm³/mol. The smallest absolute Gasteiger partial charge is 0.264 e. The molecule has 0 fully saturated rings. The van der Waals surface area contributed by atoms with Gasteiger partial charge in [0.2, 0.25) is 5.91 Å². The molecule has 0 unspecified atom stereocenters. The lowest BCUT2D eigenvalue weighted by atomic mass is 9.76. The van der Waals surface area contributed by atoms with Crippen LogP contribution in [0.5, 0.6) is 0 Å². The van der Waals surface area contributed by atoms with Crippen molar-refractivity contribution in [1.82, 2.24) is 10.2 Å². The van der Waals surface area contributed by atoms with E-state index >= 15 is 0 Å². The summed E-state index contributed by atoms with van der Waals surface area (Å²) < 4.78 is 0. The number of aromatic nitrogens is 2. The number of H-pyrrole nitrogens is 1. The third-order valence-corrected chi connectivity index (χ3v) is 4.33. The second-order valence-corrected chi connectivity index (χ2v) is 6.51. The molecule has 2 aromatic rings. The molecule has 1 aliphatic heterocycles. The SMILES string of the molecule is Cc1cc(=O)[nH]nc1-c1ccc2c(c1)C(C)(C)CC(=O)N2C. The number of aromatic amines is 1. The number of amides is 1. The van der Waals surface area contributed by atoms with E-state index in [4.69, 9.17) is 0 Å². The largest absolute Gasteiger partial charge is 0.315 e. The van der Waals surface area contributed by atoms with Crippen molar-refractivity contribution in [3.8, 4) is 11.3 Å². The molecule has 1 amide bonds. The fourth-order valence-electron chi connectivity index (χ4n) is 3.03. The van der Waals surface area contributed by atoms with Gasteiger partial charge in [-0.15, -0.1) is 0 Å². The summed E-state index contributed by atoms with van der Waals surface area (Å²) in [5.74, 6) is 0.128. The molecule has 0 saturated heterocycles. The summed E-state index contributed by atoms with van der Waals surface area (Å²) in [7, 11) is 1.81. The second-order valence-electron chi connectivity index (χ2n) is 6.51. The van der Waals surface area contributed by atoms with E-state index in [9.17, 15) is 9.59 Å². The van der Waals surface area contributed by atoms with Gasteiger partial charge >= 0.3 is 0 Å². The van der Waals surface area contributed by atoms with Gasteiger partial charge in [0.05, 0.1) is 5.69 Å². The van der Waals surface area contributed by atoms with Crippen molar-refractivity contribution in [1.29, 1.82) is 0 Å². The van der Waals surface area contributed by atoms with Crippen molar-refractivity contribution in [2.75, 3.05) is 11.9 Å². The van der Waals surface area contributed by atoms with Gasteiger partial charge < -0.3 is 4.90 Å². The standard InChI is InChI=1S/C17H19N3O2/c1-10-7-14(21)18-19-16(10)11-5-6-13-12(8-11)17(2,3)9-15(22)20(13)4/h5-8H,9H2,1-4H3,(H,18,21). The number of carbonyl (C=O) groups excluding carboxylic acids is 1. The van der Waals surface area contributed by atoms with Crippen molar-refractivity contribution < 1.29 is 4.79 Å². The third-order valence-electron chi connectivity index (χ3n) is 4.33. The minimum atomic E-state index is -0.217. The number of benzene rings is 1. The highest BCUT2D eigenvalue weighted by molar-refractivity contribution is 5.97. The number of nitrogens with zero attached hydrogens (tertiary/aromatic N) is 2. The van der Waals surface area contributed by atoms with Gasteiger partial charge in [0.25, 0.3) is 5.56 Å². The maximum atomic E-state index is 12.1. The topological polar surface area (TPSA) is 66.1 Å². The van der Waals surface area contributed by atoms with E-state index in [-0.39, 0.29) is 16.9 Å². The van der Waals surface area contributed by atoms with E-state index in [2.05, 4.69) is 30.1 Å². The Labute approximate surface area is 129 Å². The first-order valence-electron chi connectivity index (χ1n) is 7.27. The molecule has 22 heavy (non-hydrogen) atoms. The van der Waals surface area contributed by atoms with E-state index in [1.807, 2.05) is 19.1 Å². The molecule has 0 atom stereocenters. The number of fused-ring (bicyclic) bond motifs is 1. The van der Waals surface area contributed by atoms with E-state index < -0.39 is 0 Å². The number of nitrogens with one attached hydrogen (secondary N) is 1. The highest BCUT2D eigenvalue weighted by Gasteiger charge is 2.35. The van der Waals surface area contributed by atoms with Gasteiger partial charge in [-0.25, -0.2) is 5.10 Å². The van der Waals surface area contributed by atoms with Crippen LogP contribution in [0, 0.1) is 6.92 Å². The van der Waals surface area contributed by atoms with E-state index in [0.29, 0.717) is 6.42 Å². The van der Waals surface area contributed by atoms with Crippen LogP contribution in [0.1, 0.15) is 31.4 Å². The Morgan fingerprint density at radius 2 is 1.95 bits per heavy atom. The Bertz CT molecular complexity index is 821. The highest BCUT2D eigenvalue weighted by Crippen LogP contribution is 2.41. The average molecular weight is 297 g/mol. The summed E-state index contributed by atoms with van der Waals surface area (Å²) in [4.78, 5) is 25.1. The predicted octanol–water partition coefficient (Wildman–Crippen LogP) is 2.39. The van der Waals surface area contributed by atoms with Crippen LogP contribution < -0.4 is 10.5 Å². The summed E-state index contributed by atoms with van der Waals surface area (Å²) in [5, 5.41) is 6.65. The number of aryl methyl sites for hydroxylation is 1. The van der Waals surface area contributed by atoms with Crippen LogP contribution in [0.25, 0.3) is 11.3 Å². The fourth-order valence-corrected chi connectivity index (χ4v) is 3.03. The van der Waals surface area contributed by atoms with Crippen LogP contribution in [0.3, 0.4) is 0 Å². The number of rotatable bonds is 1. The van der Waals surface area contributed by atoms with Crippen molar-refractivity contribution in [2.24, 2.45) is 0 Å². The Kier molecular flexibility index (Phi) is 3.16. The summed E-state index contributed by atoms with van der Waals surface area (Å²) in [6, 6.07) is 7.52. The third kappa shape index (κ3) is 2.22. The molecule has 0 radical (unpaired) electrons. The Morgan fingerprint density at radius 1 is 1.23 bits per heavy atom. The van der Waals surface area contributed by atoms with Gasteiger partial charge in [0, 0.05) is 36.2 Å². The molecule has 0 saturated carbocycles. The zero-order valence-corrected chi connectivity index (χ0v) is 13.2. The number of hydrogen-bond donors (Lipinski definition) is 1. The molecule has 114 valence electrons. The van der Waals surface area contributed by atoms with Crippen molar-refractivity contribution >= 4 is 11.6 Å². The van der Waals surface area contributed by atoms with Gasteiger partial charge in [-0.1, -0.05) is 19.9 Å². The van der Waals surface area contributed by atoms with Crippen LogP contribution >= 0.6 is 0 Å². The lowest BCUT2D eigenvalue weighted by Gasteiger charge is -2.37. The molecule has 1 N–H and O–H groups in total. The van der Waals surface area contributed by atoms with E-state index in [0.717, 1.165) is 28.1 Å². The molecular weight excluding hydrogens is 278 g/mol. The Hall–Kier alpha value is -2.43. The summed E-state index contributed by atoms with van der Waals surface area (Å²) >= 11 is 0. The van der Waals surface area contributed by atoms with Crippen molar-refractivity contribution in [2.45, 2.75) is 32.6 Å². The van der Waals surface area contributed by atoms with E-state index in [1.165, 1.54) is 0 Å². The number of carbonyl (C=O) groups is 1. The molecule has 0 bridgehead atoms. The van der Waals surface area contributed by atoms with Gasteiger partial charge in [0.1, 0.15) is 0 Å². The molecule has 0 aliphatic carbocycles. The van der Waals surface area contributed by atoms with E-state index in [1.54, 1.807) is 18.0 Å². The number of hydrogen-bond acceptors (Lipinski definition) is 3. The lowest BCUT2D eigenvalue weighted by molar-refractivity contribution is -0.119. The highest BCUT2D eigenvalue weighted by atomic mass is 16.2. The minimum absolute atomic E-state index is 0.128. The van der Waals surface area contributed by atoms with Crippen LogP contribution in [0.2, 0.25) is 0 Å². The average Bonchev–Trinajstić information content (AvgIpc) is 2.44. The fraction of sp³-hybridized carbons (Fsp3) is 0.353. The molecule has 1 aromatic carbocycles. The first-order valence-corrected chi connectivity index (χ1v) is 7.27. The minimum Gasteiger partial charge on any atom is -0.315 e. The quantitative estimate of drug-likeness (QED) is 0.879. The zero-order chi connectivity index (χ0) is 16.1. The van der Waals surface area contributed by atoms with Crippen LogP contribution in [0.15, 0.2) is 29.1 Å². The first-order chi connectivity index (χ1) is 10.3. The van der Waals surface area contributed by atoms with Crippen LogP contribution in [-0.2, 0) is 10.2 Å². The maximum absolute atomic E-state index is 12.1. The Balaban J connectivity index is 2.18. The zero-order valence-electron chi connectivity index (χ0n) is 13.2. The Morgan fingerprint density at radius 3 is 2.64 bits per heavy atom. The molecule has 5 nitrogen and oxygen atoms in total. The van der Waals surface area contributed by atoms with Gasteiger partial charge in [0.15, 0.2) is 0 Å². The van der Waals surface area contributed by atoms with Crippen molar-refractivity contribution in [3.63, 3.8) is 0 Å². The van der Waals surface area contributed by atoms with Crippen LogP contribution in [-0.4, -0.2) is 23.2 Å². The van der Waals surface area contributed by atoms with Gasteiger partial charge in [-0.2, -0.15) is 5.10 Å². The van der Waals surface area contributed by atoms with Gasteiger partial charge in [-0.3, -0.25) is 9.59 Å². The molecule has 5 heteroatoms. The van der Waals surface area contributed by atoms with Crippen LogP contribution in [0.4, 0.5) is 5.69 Å². The summed E-state index contributed by atoms with van der Waals surface area (Å²) in [5.41, 5.74) is 4.18. The summed E-state index contributed by atoms with van der Waals surface area (Å²) in [6.07, 6.45) is 0.484. The molecule has 2 heterocycles.